The van der Waals surface area contributed by atoms with Crippen LogP contribution in [0, 0.1) is 11.8 Å². The second-order valence-corrected chi connectivity index (χ2v) is 12.1. The third-order valence-electron chi connectivity index (χ3n) is 8.86. The van der Waals surface area contributed by atoms with E-state index in [9.17, 15) is 4.79 Å². The van der Waals surface area contributed by atoms with Crippen molar-refractivity contribution < 1.29 is 9.26 Å². The fourth-order valence-electron chi connectivity index (χ4n) is 6.79. The average molecular weight is 564 g/mol. The summed E-state index contributed by atoms with van der Waals surface area (Å²) in [5, 5.41) is 4.48. The van der Waals surface area contributed by atoms with Crippen LogP contribution in [0.3, 0.4) is 0 Å². The number of aromatic amines is 1. The molecule has 5 heterocycles. The highest BCUT2D eigenvalue weighted by atomic mass is 35.5. The molecule has 0 bridgehead atoms. The van der Waals surface area contributed by atoms with Crippen LogP contribution in [0.15, 0.2) is 33.6 Å². The topological polar surface area (TPSA) is 115 Å². The van der Waals surface area contributed by atoms with Crippen molar-refractivity contribution in [1.29, 1.82) is 0 Å². The van der Waals surface area contributed by atoms with Crippen LogP contribution < -0.4 is 10.7 Å². The molecule has 4 aromatic rings. The second kappa shape index (κ2) is 10.6. The molecule has 1 aromatic carbocycles. The maximum atomic E-state index is 11.8. The molecular weight excluding hydrogens is 530 g/mol. The highest BCUT2D eigenvalue weighted by molar-refractivity contribution is 6.30. The maximum Gasteiger partial charge on any atom is 0.439 e. The van der Waals surface area contributed by atoms with E-state index < -0.39 is 5.76 Å². The van der Waals surface area contributed by atoms with Crippen LogP contribution in [0.4, 0.5) is 5.95 Å². The highest BCUT2D eigenvalue weighted by Crippen LogP contribution is 2.39. The molecule has 2 aliphatic heterocycles. The monoisotopic (exact) mass is 563 g/mol. The molecule has 1 saturated carbocycles. The number of fused-ring (bicyclic) bond motifs is 2. The number of hydrogen-bond donors (Lipinski definition) is 1. The van der Waals surface area contributed by atoms with Gasteiger partial charge in [-0.3, -0.25) is 9.51 Å². The minimum absolute atomic E-state index is 0.172. The van der Waals surface area contributed by atoms with E-state index >= 15 is 0 Å². The van der Waals surface area contributed by atoms with E-state index in [-0.39, 0.29) is 17.8 Å². The van der Waals surface area contributed by atoms with Crippen LogP contribution >= 0.6 is 11.6 Å². The van der Waals surface area contributed by atoms with Crippen LogP contribution in [0.5, 0.6) is 0 Å². The number of nitrogens with zero attached hydrogens (tertiary/aromatic N) is 6. The predicted molar refractivity (Wildman–Crippen MR) is 152 cm³/mol. The van der Waals surface area contributed by atoms with E-state index in [1.54, 1.807) is 0 Å². The van der Waals surface area contributed by atoms with Gasteiger partial charge in [0, 0.05) is 30.3 Å². The van der Waals surface area contributed by atoms with Gasteiger partial charge in [0.05, 0.1) is 12.1 Å². The summed E-state index contributed by atoms with van der Waals surface area (Å²) in [6, 6.07) is 7.96. The maximum absolute atomic E-state index is 11.8. The quantitative estimate of drug-likeness (QED) is 0.340. The van der Waals surface area contributed by atoms with E-state index in [2.05, 4.69) is 26.5 Å². The van der Waals surface area contributed by atoms with Gasteiger partial charge in [-0.1, -0.05) is 48.7 Å². The number of anilines is 1. The molecule has 0 spiro atoms. The molecule has 3 aliphatic rings. The van der Waals surface area contributed by atoms with Gasteiger partial charge in [-0.2, -0.15) is 4.98 Å². The number of ether oxygens (including phenoxy) is 1. The van der Waals surface area contributed by atoms with Crippen LogP contribution in [0.1, 0.15) is 58.3 Å². The molecule has 7 rings (SSSR count). The minimum atomic E-state index is -0.655. The first-order chi connectivity index (χ1) is 19.5. The van der Waals surface area contributed by atoms with Crippen LogP contribution in [0.2, 0.25) is 5.02 Å². The summed E-state index contributed by atoms with van der Waals surface area (Å²) in [6.45, 7) is 4.96. The first kappa shape index (κ1) is 25.7. The third kappa shape index (κ3) is 4.81. The molecule has 1 N–H and O–H groups in total. The Morgan fingerprint density at radius 2 is 1.95 bits per heavy atom. The van der Waals surface area contributed by atoms with Gasteiger partial charge in [-0.05, 0) is 62.5 Å². The van der Waals surface area contributed by atoms with Crippen LogP contribution in [-0.2, 0) is 11.3 Å². The van der Waals surface area contributed by atoms with Crippen molar-refractivity contribution >= 4 is 28.7 Å². The van der Waals surface area contributed by atoms with Gasteiger partial charge >= 0.3 is 5.76 Å². The first-order valence-corrected chi connectivity index (χ1v) is 14.9. The van der Waals surface area contributed by atoms with Gasteiger partial charge in [0.2, 0.25) is 17.6 Å². The number of hydrogen-bond acceptors (Lipinski definition) is 8. The Morgan fingerprint density at radius 3 is 2.75 bits per heavy atom. The molecule has 40 heavy (non-hydrogen) atoms. The zero-order valence-electron chi connectivity index (χ0n) is 22.7. The van der Waals surface area contributed by atoms with Gasteiger partial charge in [-0.25, -0.2) is 14.8 Å². The number of halogens is 1. The molecule has 11 heteroatoms. The van der Waals surface area contributed by atoms with E-state index in [1.807, 2.05) is 24.3 Å². The summed E-state index contributed by atoms with van der Waals surface area (Å²) in [6.07, 6.45) is 9.39. The lowest BCUT2D eigenvalue weighted by atomic mass is 9.83. The summed E-state index contributed by atoms with van der Waals surface area (Å²) < 4.78 is 13.4. The number of rotatable bonds is 5. The Kier molecular flexibility index (Phi) is 6.83. The third-order valence-corrected chi connectivity index (χ3v) is 9.09. The number of H-pyrrole nitrogens is 1. The van der Waals surface area contributed by atoms with Crippen molar-refractivity contribution in [2.45, 2.75) is 77.0 Å². The Labute approximate surface area is 237 Å². The summed E-state index contributed by atoms with van der Waals surface area (Å²) in [7, 11) is 0. The lowest BCUT2D eigenvalue weighted by molar-refractivity contribution is -0.0158. The molecule has 3 fully saturated rings. The Bertz CT molecular complexity index is 1570. The van der Waals surface area contributed by atoms with Crippen molar-refractivity contribution in [2.24, 2.45) is 11.8 Å². The molecule has 3 aromatic heterocycles. The number of aromatic nitrogens is 6. The lowest BCUT2D eigenvalue weighted by Crippen LogP contribution is -2.52. The van der Waals surface area contributed by atoms with Gasteiger partial charge in [0.25, 0.3) is 0 Å². The van der Waals surface area contributed by atoms with E-state index in [1.165, 1.54) is 25.7 Å². The summed E-state index contributed by atoms with van der Waals surface area (Å²) in [4.78, 5) is 31.8. The van der Waals surface area contributed by atoms with Gasteiger partial charge in [-0.15, -0.1) is 0 Å². The molecule has 1 aliphatic carbocycles. The Balaban J connectivity index is 1.44. The molecule has 10 nitrogen and oxygen atoms in total. The largest absolute Gasteiger partial charge is 0.439 e. The van der Waals surface area contributed by atoms with E-state index in [4.69, 9.17) is 35.8 Å². The van der Waals surface area contributed by atoms with Crippen molar-refractivity contribution in [2.75, 3.05) is 18.1 Å². The van der Waals surface area contributed by atoms with E-state index in [0.717, 1.165) is 68.3 Å². The second-order valence-electron chi connectivity index (χ2n) is 11.6. The highest BCUT2D eigenvalue weighted by Gasteiger charge is 2.37. The van der Waals surface area contributed by atoms with Crippen molar-refractivity contribution in [3.8, 4) is 22.9 Å². The first-order valence-electron chi connectivity index (χ1n) is 14.5. The molecule has 2 unspecified atom stereocenters. The number of imidazole rings is 1. The SMILES string of the molecule is C[C@H]1CC[C@H](Cn2c(N3CCCC4OCCCC43)nc3nc(-c4noc(=O)[nH]4)nc(-c4cccc(Cl)c4)c32)CC1. The standard InChI is InChI=1S/C29H34ClN7O3/c1-17-9-11-18(12-10-17)16-37-24-23(19-5-2-6-20(30)15-19)31-26(27-34-29(38)40-35-27)32-25(24)33-28(37)36-13-3-8-22-21(36)7-4-14-39-22/h2,5-6,15,17-18,21-22H,3-4,7-14,16H2,1H3,(H,34,35,38)/t17-,18-,21?,22?. The molecule has 2 atom stereocenters. The van der Waals surface area contributed by atoms with Crippen LogP contribution in [-0.4, -0.2) is 55.0 Å². The predicted octanol–water partition coefficient (Wildman–Crippen LogP) is 5.46. The van der Waals surface area contributed by atoms with Gasteiger partial charge in [0.1, 0.15) is 11.2 Å². The summed E-state index contributed by atoms with van der Waals surface area (Å²) >= 11 is 6.46. The molecule has 210 valence electrons. The molecular formula is C29H34ClN7O3. The normalized spacial score (nSPS) is 25.3. The zero-order valence-corrected chi connectivity index (χ0v) is 23.4. The Hall–Kier alpha value is -3.24. The van der Waals surface area contributed by atoms with Gasteiger partial charge in [0.15, 0.2) is 5.65 Å². The number of benzene rings is 1. The Morgan fingerprint density at radius 1 is 1.07 bits per heavy atom. The molecule has 0 radical (unpaired) electrons. The summed E-state index contributed by atoms with van der Waals surface area (Å²) in [5.74, 6) is 2.03. The van der Waals surface area contributed by atoms with Crippen molar-refractivity contribution in [1.82, 2.24) is 29.7 Å². The lowest BCUT2D eigenvalue weighted by Gasteiger charge is -2.44. The fraction of sp³-hybridized carbons (Fsp3) is 0.552. The van der Waals surface area contributed by atoms with E-state index in [0.29, 0.717) is 28.3 Å². The zero-order chi connectivity index (χ0) is 27.2. The average Bonchev–Trinajstić information content (AvgIpc) is 3.57. The number of piperidine rings is 1. The minimum Gasteiger partial charge on any atom is -0.376 e. The van der Waals surface area contributed by atoms with Gasteiger partial charge < -0.3 is 14.2 Å². The molecule has 0 amide bonds. The van der Waals surface area contributed by atoms with Crippen molar-refractivity contribution in [3.05, 3.63) is 39.8 Å². The smallest absolute Gasteiger partial charge is 0.376 e. The van der Waals surface area contributed by atoms with Crippen LogP contribution in [0.25, 0.3) is 34.1 Å². The fourth-order valence-corrected chi connectivity index (χ4v) is 6.98. The number of nitrogens with one attached hydrogen (secondary N) is 1. The molecule has 2 saturated heterocycles. The summed E-state index contributed by atoms with van der Waals surface area (Å²) in [5.41, 5.74) is 3.02. The van der Waals surface area contributed by atoms with Crippen molar-refractivity contribution in [3.63, 3.8) is 0 Å².